The minimum atomic E-state index is -1.85. The predicted octanol–water partition coefficient (Wildman–Crippen LogP) is 7.53. The van der Waals surface area contributed by atoms with Gasteiger partial charge in [-0.1, -0.05) is 62.2 Å². The highest BCUT2D eigenvalue weighted by Gasteiger charge is 2.37. The quantitative estimate of drug-likeness (QED) is 0.280. The summed E-state index contributed by atoms with van der Waals surface area (Å²) in [5.41, 5.74) is 4.45. The Balaban J connectivity index is 1.74. The summed E-state index contributed by atoms with van der Waals surface area (Å²) < 4.78 is 6.24. The smallest absolute Gasteiger partial charge is 0.274 e. The number of pyridine rings is 2. The molecule has 5 nitrogen and oxygen atoms in total. The third-order valence-electron chi connectivity index (χ3n) is 6.18. The maximum absolute atomic E-state index is 12.8. The minimum absolute atomic E-state index is 0.137. The van der Waals surface area contributed by atoms with Crippen LogP contribution in [0.2, 0.25) is 28.3 Å². The number of anilines is 1. The summed E-state index contributed by atoms with van der Waals surface area (Å²) in [5, 5.41) is 3.70. The Hall–Kier alpha value is -2.25. The summed E-state index contributed by atoms with van der Waals surface area (Å²) in [4.78, 5) is 21.2. The van der Waals surface area contributed by atoms with Crippen LogP contribution in [0, 0.1) is 6.92 Å². The van der Waals surface area contributed by atoms with Crippen LogP contribution in [0.1, 0.15) is 42.4 Å². The van der Waals surface area contributed by atoms with Gasteiger partial charge in [0.15, 0.2) is 8.32 Å². The fourth-order valence-electron chi connectivity index (χ4n) is 3.00. The molecule has 0 bridgehead atoms. The van der Waals surface area contributed by atoms with E-state index in [9.17, 15) is 4.79 Å². The Morgan fingerprint density at radius 1 is 1.06 bits per heavy atom. The lowest BCUT2D eigenvalue weighted by Crippen LogP contribution is -2.40. The lowest BCUT2D eigenvalue weighted by atomic mass is 10.00. The molecule has 0 spiro atoms. The van der Waals surface area contributed by atoms with E-state index in [1.165, 1.54) is 0 Å². The highest BCUT2D eigenvalue weighted by molar-refractivity contribution is 6.74. The Morgan fingerprint density at radius 3 is 2.42 bits per heavy atom. The van der Waals surface area contributed by atoms with Crippen LogP contribution in [0.4, 0.5) is 5.69 Å². The molecule has 0 aliphatic heterocycles. The van der Waals surface area contributed by atoms with E-state index in [4.69, 9.17) is 27.6 Å². The van der Waals surface area contributed by atoms with E-state index in [0.717, 1.165) is 22.3 Å². The number of benzene rings is 1. The highest BCUT2D eigenvalue weighted by Crippen LogP contribution is 2.37. The van der Waals surface area contributed by atoms with Gasteiger partial charge >= 0.3 is 0 Å². The average Bonchev–Trinajstić information content (AvgIpc) is 2.75. The number of nitrogens with one attached hydrogen (secondary N) is 1. The highest BCUT2D eigenvalue weighted by atomic mass is 35.5. The van der Waals surface area contributed by atoms with Gasteiger partial charge in [0.1, 0.15) is 10.8 Å². The van der Waals surface area contributed by atoms with Crippen molar-refractivity contribution in [2.24, 2.45) is 0 Å². The molecule has 33 heavy (non-hydrogen) atoms. The van der Waals surface area contributed by atoms with Crippen molar-refractivity contribution in [1.82, 2.24) is 9.97 Å². The molecule has 0 fully saturated rings. The van der Waals surface area contributed by atoms with Crippen molar-refractivity contribution in [2.75, 3.05) is 5.32 Å². The minimum Gasteiger partial charge on any atom is -0.413 e. The Kier molecular flexibility index (Phi) is 7.64. The molecule has 0 unspecified atom stereocenters. The summed E-state index contributed by atoms with van der Waals surface area (Å²) in [6.07, 6.45) is 3.30. The van der Waals surface area contributed by atoms with E-state index in [1.807, 2.05) is 31.2 Å². The number of halogens is 2. The first kappa shape index (κ1) is 25.4. The van der Waals surface area contributed by atoms with Crippen LogP contribution in [0.3, 0.4) is 0 Å². The summed E-state index contributed by atoms with van der Waals surface area (Å²) in [7, 11) is -1.85. The molecule has 0 atom stereocenters. The molecule has 174 valence electrons. The molecule has 3 rings (SSSR count). The predicted molar refractivity (Wildman–Crippen MR) is 139 cm³/mol. The van der Waals surface area contributed by atoms with Gasteiger partial charge in [0, 0.05) is 23.6 Å². The summed E-state index contributed by atoms with van der Waals surface area (Å²) >= 11 is 12.4. The lowest BCUT2D eigenvalue weighted by molar-refractivity contribution is 0.102. The zero-order chi connectivity index (χ0) is 24.4. The van der Waals surface area contributed by atoms with Crippen LogP contribution in [-0.2, 0) is 11.0 Å². The van der Waals surface area contributed by atoms with Gasteiger partial charge in [-0.2, -0.15) is 0 Å². The van der Waals surface area contributed by atoms with E-state index in [2.05, 4.69) is 49.1 Å². The molecular formula is C25H29Cl2N3O2Si. The number of hydrogen-bond acceptors (Lipinski definition) is 4. The number of carbonyl (C=O) groups excluding carboxylic acids is 1. The second kappa shape index (κ2) is 9.93. The normalized spacial score (nSPS) is 12.0. The topological polar surface area (TPSA) is 64.1 Å². The molecule has 0 saturated carbocycles. The van der Waals surface area contributed by atoms with Crippen molar-refractivity contribution >= 4 is 43.1 Å². The molecule has 2 heterocycles. The molecule has 1 N–H and O–H groups in total. The van der Waals surface area contributed by atoms with Crippen molar-refractivity contribution < 1.29 is 9.22 Å². The Labute approximate surface area is 206 Å². The zero-order valence-corrected chi connectivity index (χ0v) is 22.3. The Morgan fingerprint density at radius 2 is 1.79 bits per heavy atom. The molecule has 0 saturated heterocycles. The number of amides is 1. The monoisotopic (exact) mass is 501 g/mol. The van der Waals surface area contributed by atoms with Crippen molar-refractivity contribution in [2.45, 2.75) is 52.4 Å². The number of carbonyl (C=O) groups is 1. The standard InChI is InChI=1S/C25H29Cl2N3O2Si/c1-16-18(19-12-13-28-23(27)22(19)26)8-7-9-20(16)30-24(31)21-11-10-17(14-29-21)15-32-33(5,6)25(2,3)4/h7-14H,15H2,1-6H3,(H,30,31). The second-order valence-corrected chi connectivity index (χ2v) is 15.0. The number of rotatable bonds is 6. The fraction of sp³-hybridized carbons (Fsp3) is 0.320. The SMILES string of the molecule is Cc1c(NC(=O)c2ccc(CO[Si](C)(C)C(C)(C)C)cn2)cccc1-c1ccnc(Cl)c1Cl. The summed E-state index contributed by atoms with van der Waals surface area (Å²) in [6.45, 7) is 13.5. The number of hydrogen-bond donors (Lipinski definition) is 1. The molecule has 8 heteroatoms. The van der Waals surface area contributed by atoms with Gasteiger partial charge in [-0.05, 0) is 59.9 Å². The molecule has 0 radical (unpaired) electrons. The van der Waals surface area contributed by atoms with E-state index < -0.39 is 8.32 Å². The van der Waals surface area contributed by atoms with Crippen molar-refractivity contribution in [3.05, 3.63) is 75.8 Å². The van der Waals surface area contributed by atoms with E-state index >= 15 is 0 Å². The van der Waals surface area contributed by atoms with Gasteiger partial charge in [0.2, 0.25) is 0 Å². The Bertz CT molecular complexity index is 1160. The zero-order valence-electron chi connectivity index (χ0n) is 19.8. The molecular weight excluding hydrogens is 473 g/mol. The largest absolute Gasteiger partial charge is 0.413 e. The fourth-order valence-corrected chi connectivity index (χ4v) is 4.33. The van der Waals surface area contributed by atoms with Gasteiger partial charge in [-0.25, -0.2) is 4.98 Å². The number of aromatic nitrogens is 2. The first-order valence-electron chi connectivity index (χ1n) is 10.7. The maximum atomic E-state index is 12.8. The maximum Gasteiger partial charge on any atom is 0.274 e. The molecule has 1 aromatic carbocycles. The second-order valence-electron chi connectivity index (χ2n) is 9.50. The van der Waals surface area contributed by atoms with Gasteiger partial charge in [0.25, 0.3) is 5.91 Å². The van der Waals surface area contributed by atoms with Crippen molar-refractivity contribution in [1.29, 1.82) is 0 Å². The average molecular weight is 503 g/mol. The molecule has 0 aliphatic carbocycles. The molecule has 3 aromatic rings. The molecule has 2 aromatic heterocycles. The van der Waals surface area contributed by atoms with Crippen LogP contribution in [0.15, 0.2) is 48.8 Å². The third kappa shape index (κ3) is 5.82. The van der Waals surface area contributed by atoms with Crippen molar-refractivity contribution in [3.63, 3.8) is 0 Å². The van der Waals surface area contributed by atoms with Gasteiger partial charge in [-0.15, -0.1) is 0 Å². The van der Waals surface area contributed by atoms with Crippen LogP contribution < -0.4 is 5.32 Å². The van der Waals surface area contributed by atoms with E-state index in [-0.39, 0.29) is 16.1 Å². The first-order valence-corrected chi connectivity index (χ1v) is 14.4. The van der Waals surface area contributed by atoms with Crippen LogP contribution in [-0.4, -0.2) is 24.2 Å². The van der Waals surface area contributed by atoms with Crippen LogP contribution >= 0.6 is 23.2 Å². The van der Waals surface area contributed by atoms with Gasteiger partial charge < -0.3 is 9.74 Å². The molecule has 0 aliphatic rings. The van der Waals surface area contributed by atoms with E-state index in [0.29, 0.717) is 23.0 Å². The van der Waals surface area contributed by atoms with E-state index in [1.54, 1.807) is 24.5 Å². The van der Waals surface area contributed by atoms with Gasteiger partial charge in [-0.3, -0.25) is 9.78 Å². The van der Waals surface area contributed by atoms with Gasteiger partial charge in [0.05, 0.1) is 11.6 Å². The van der Waals surface area contributed by atoms with Crippen LogP contribution in [0.25, 0.3) is 11.1 Å². The summed E-state index contributed by atoms with van der Waals surface area (Å²) in [5.74, 6) is -0.286. The first-order chi connectivity index (χ1) is 15.4. The lowest BCUT2D eigenvalue weighted by Gasteiger charge is -2.36. The number of nitrogens with zero attached hydrogens (tertiary/aromatic N) is 2. The third-order valence-corrected chi connectivity index (χ3v) is 11.4. The van der Waals surface area contributed by atoms with Crippen molar-refractivity contribution in [3.8, 4) is 11.1 Å². The summed E-state index contributed by atoms with van der Waals surface area (Å²) in [6, 6.07) is 11.0. The van der Waals surface area contributed by atoms with Crippen LogP contribution in [0.5, 0.6) is 0 Å². The molecule has 1 amide bonds.